The van der Waals surface area contributed by atoms with Crippen LogP contribution in [0.2, 0.25) is 0 Å². The zero-order valence-electron chi connectivity index (χ0n) is 17.8. The molecule has 0 atom stereocenters. The van der Waals surface area contributed by atoms with Crippen molar-refractivity contribution < 1.29 is 17.9 Å². The van der Waals surface area contributed by atoms with Crippen LogP contribution < -0.4 is 10.1 Å². The zero-order valence-corrected chi connectivity index (χ0v) is 18.6. The molecule has 3 rings (SSSR count). The maximum atomic E-state index is 13.3. The second-order valence-corrected chi connectivity index (χ2v) is 9.35. The number of sulfonamides is 1. The minimum Gasteiger partial charge on any atom is -0.495 e. The number of nitrogens with zero attached hydrogens (tertiary/aromatic N) is 4. The number of benzene rings is 1. The van der Waals surface area contributed by atoms with Gasteiger partial charge in [0.25, 0.3) is 5.91 Å². The lowest BCUT2D eigenvalue weighted by Crippen LogP contribution is -2.32. The summed E-state index contributed by atoms with van der Waals surface area (Å²) in [4.78, 5) is 12.9. The summed E-state index contributed by atoms with van der Waals surface area (Å²) in [6.45, 7) is 3.05. The van der Waals surface area contributed by atoms with Gasteiger partial charge in [-0.15, -0.1) is 0 Å². The fourth-order valence-corrected chi connectivity index (χ4v) is 5.30. The number of carbonyl (C=O) groups excluding carboxylic acids is 1. The third-order valence-electron chi connectivity index (χ3n) is 5.19. The van der Waals surface area contributed by atoms with E-state index in [1.54, 1.807) is 17.7 Å². The first-order valence-electron chi connectivity index (χ1n) is 10.3. The average Bonchev–Trinajstić information content (AvgIpc) is 2.95. The number of nitrogens with one attached hydrogen (secondary N) is 1. The van der Waals surface area contributed by atoms with E-state index in [9.17, 15) is 13.2 Å². The molecule has 1 aromatic carbocycles. The number of ether oxygens (including phenoxy) is 1. The smallest absolute Gasteiger partial charge is 0.256 e. The molecule has 1 saturated heterocycles. The number of anilines is 1. The standard InChI is InChI=1S/C21H27N5O4S/c1-16-14-20(26(24-16)13-7-10-22)23-21(27)17-8-9-18(30-2)19(15-17)31(28,29)25-11-5-3-4-6-12-25/h8-9,14-15H,3-7,11-13H2,1-2H3,(H,23,27). The van der Waals surface area contributed by atoms with Crippen molar-refractivity contribution in [1.29, 1.82) is 5.26 Å². The molecule has 9 nitrogen and oxygen atoms in total. The van der Waals surface area contributed by atoms with E-state index >= 15 is 0 Å². The molecule has 31 heavy (non-hydrogen) atoms. The van der Waals surface area contributed by atoms with Gasteiger partial charge in [0, 0.05) is 24.7 Å². The van der Waals surface area contributed by atoms with E-state index < -0.39 is 15.9 Å². The molecule has 0 unspecified atom stereocenters. The second-order valence-electron chi connectivity index (χ2n) is 7.44. The quantitative estimate of drug-likeness (QED) is 0.700. The Hall–Kier alpha value is -2.90. The number of amides is 1. The minimum atomic E-state index is -3.80. The Morgan fingerprint density at radius 1 is 1.23 bits per heavy atom. The van der Waals surface area contributed by atoms with Gasteiger partial charge in [-0.05, 0) is 38.0 Å². The molecule has 0 bridgehead atoms. The van der Waals surface area contributed by atoms with E-state index in [1.807, 2.05) is 0 Å². The van der Waals surface area contributed by atoms with Crippen LogP contribution in [0.3, 0.4) is 0 Å². The van der Waals surface area contributed by atoms with Crippen LogP contribution in [0, 0.1) is 18.3 Å². The SMILES string of the molecule is COc1ccc(C(=O)Nc2cc(C)nn2CCC#N)cc1S(=O)(=O)N1CCCCCC1. The first-order valence-corrected chi connectivity index (χ1v) is 11.7. The van der Waals surface area contributed by atoms with Crippen LogP contribution in [0.5, 0.6) is 5.75 Å². The van der Waals surface area contributed by atoms with Gasteiger partial charge in [-0.25, -0.2) is 13.1 Å². The summed E-state index contributed by atoms with van der Waals surface area (Å²) in [5.74, 6) is 0.189. The van der Waals surface area contributed by atoms with Gasteiger partial charge in [-0.2, -0.15) is 14.7 Å². The van der Waals surface area contributed by atoms with Gasteiger partial charge in [-0.1, -0.05) is 12.8 Å². The minimum absolute atomic E-state index is 0.0151. The Bertz CT molecular complexity index is 1080. The van der Waals surface area contributed by atoms with Crippen LogP contribution in [0.1, 0.15) is 48.2 Å². The van der Waals surface area contributed by atoms with Crippen LogP contribution >= 0.6 is 0 Å². The summed E-state index contributed by atoms with van der Waals surface area (Å²) in [6.07, 6.45) is 3.89. The van der Waals surface area contributed by atoms with Crippen molar-refractivity contribution in [2.24, 2.45) is 0 Å². The summed E-state index contributed by atoms with van der Waals surface area (Å²) in [7, 11) is -2.39. The van der Waals surface area contributed by atoms with Crippen LogP contribution in [0.15, 0.2) is 29.2 Å². The van der Waals surface area contributed by atoms with Gasteiger partial charge >= 0.3 is 0 Å². The number of methoxy groups -OCH3 is 1. The lowest BCUT2D eigenvalue weighted by atomic mass is 10.2. The zero-order chi connectivity index (χ0) is 22.4. The van der Waals surface area contributed by atoms with Gasteiger partial charge < -0.3 is 10.1 Å². The highest BCUT2D eigenvalue weighted by Gasteiger charge is 2.29. The van der Waals surface area contributed by atoms with E-state index in [2.05, 4.69) is 16.5 Å². The lowest BCUT2D eigenvalue weighted by molar-refractivity contribution is 0.102. The van der Waals surface area contributed by atoms with E-state index in [1.165, 1.54) is 29.6 Å². The van der Waals surface area contributed by atoms with Gasteiger partial charge in [0.15, 0.2) is 0 Å². The largest absolute Gasteiger partial charge is 0.495 e. The molecule has 1 N–H and O–H groups in total. The maximum Gasteiger partial charge on any atom is 0.256 e. The molecular weight excluding hydrogens is 418 g/mol. The number of hydrogen-bond donors (Lipinski definition) is 1. The number of rotatable bonds is 7. The first-order chi connectivity index (χ1) is 14.9. The van der Waals surface area contributed by atoms with E-state index in [0.29, 0.717) is 31.1 Å². The second kappa shape index (κ2) is 9.94. The van der Waals surface area contributed by atoms with Crippen LogP contribution in [-0.2, 0) is 16.6 Å². The predicted octanol–water partition coefficient (Wildman–Crippen LogP) is 2.93. The summed E-state index contributed by atoms with van der Waals surface area (Å²) in [5, 5.41) is 15.9. The van der Waals surface area contributed by atoms with E-state index in [-0.39, 0.29) is 22.6 Å². The Morgan fingerprint density at radius 3 is 2.58 bits per heavy atom. The summed E-state index contributed by atoms with van der Waals surface area (Å²) >= 11 is 0. The van der Waals surface area contributed by atoms with Gasteiger partial charge in [0.1, 0.15) is 16.5 Å². The first kappa shape index (κ1) is 22.8. The van der Waals surface area contributed by atoms with Crippen molar-refractivity contribution >= 4 is 21.7 Å². The fraction of sp³-hybridized carbons (Fsp3) is 0.476. The van der Waals surface area contributed by atoms with Crippen molar-refractivity contribution in [3.05, 3.63) is 35.5 Å². The molecule has 1 amide bonds. The molecule has 0 spiro atoms. The molecule has 10 heteroatoms. The van der Waals surface area contributed by atoms with Crippen molar-refractivity contribution in [1.82, 2.24) is 14.1 Å². The molecule has 0 radical (unpaired) electrons. The number of carbonyl (C=O) groups is 1. The molecule has 2 aromatic rings. The van der Waals surface area contributed by atoms with Crippen molar-refractivity contribution in [2.75, 3.05) is 25.5 Å². The molecular formula is C21H27N5O4S. The van der Waals surface area contributed by atoms with Gasteiger partial charge in [0.2, 0.25) is 10.0 Å². The highest BCUT2D eigenvalue weighted by molar-refractivity contribution is 7.89. The monoisotopic (exact) mass is 445 g/mol. The third kappa shape index (κ3) is 5.24. The molecule has 1 aromatic heterocycles. The Morgan fingerprint density at radius 2 is 1.94 bits per heavy atom. The maximum absolute atomic E-state index is 13.3. The third-order valence-corrected chi connectivity index (χ3v) is 7.11. The Kier molecular flexibility index (Phi) is 7.30. The predicted molar refractivity (Wildman–Crippen MR) is 115 cm³/mol. The van der Waals surface area contributed by atoms with Gasteiger partial charge in [-0.3, -0.25) is 4.79 Å². The fourth-order valence-electron chi connectivity index (χ4n) is 3.60. The van der Waals surface area contributed by atoms with Gasteiger partial charge in [0.05, 0.1) is 31.8 Å². The van der Waals surface area contributed by atoms with Crippen LogP contribution in [0.4, 0.5) is 5.82 Å². The lowest BCUT2D eigenvalue weighted by Gasteiger charge is -2.21. The number of nitriles is 1. The highest BCUT2D eigenvalue weighted by atomic mass is 32.2. The molecule has 166 valence electrons. The summed E-state index contributed by atoms with van der Waals surface area (Å²) < 4.78 is 34.9. The van der Waals surface area contributed by atoms with Crippen LogP contribution in [0.25, 0.3) is 0 Å². The summed E-state index contributed by atoms with van der Waals surface area (Å²) in [6, 6.07) is 8.14. The van der Waals surface area contributed by atoms with Crippen LogP contribution in [-0.4, -0.2) is 48.6 Å². The molecule has 2 heterocycles. The van der Waals surface area contributed by atoms with E-state index in [0.717, 1.165) is 25.7 Å². The molecule has 0 saturated carbocycles. The normalized spacial score (nSPS) is 15.1. The topological polar surface area (TPSA) is 117 Å². The Labute approximate surface area is 182 Å². The molecule has 1 fully saturated rings. The van der Waals surface area contributed by atoms with Crippen molar-refractivity contribution in [3.63, 3.8) is 0 Å². The average molecular weight is 446 g/mol. The van der Waals surface area contributed by atoms with Crippen molar-refractivity contribution in [2.45, 2.75) is 50.5 Å². The molecule has 0 aliphatic carbocycles. The van der Waals surface area contributed by atoms with Crippen molar-refractivity contribution in [3.8, 4) is 11.8 Å². The number of aromatic nitrogens is 2. The van der Waals surface area contributed by atoms with E-state index in [4.69, 9.17) is 10.00 Å². The summed E-state index contributed by atoms with van der Waals surface area (Å²) in [5.41, 5.74) is 0.896. The number of hydrogen-bond acceptors (Lipinski definition) is 6. The number of aryl methyl sites for hydroxylation is 2. The molecule has 1 aliphatic rings. The highest BCUT2D eigenvalue weighted by Crippen LogP contribution is 2.29. The Balaban J connectivity index is 1.90. The molecule has 1 aliphatic heterocycles.